The molecular weight excluding hydrogens is 811 g/mol. The molecule has 2 aromatic heterocycles. The molecule has 59 heavy (non-hydrogen) atoms. The number of rotatable bonds is 17. The van der Waals surface area contributed by atoms with Crippen LogP contribution in [0.2, 0.25) is 5.02 Å². The molecule has 0 spiro atoms. The topological polar surface area (TPSA) is 236 Å². The number of ether oxygens (including phenoxy) is 1. The van der Waals surface area contributed by atoms with Gasteiger partial charge in [0.05, 0.1) is 42.0 Å². The van der Waals surface area contributed by atoms with Crippen LogP contribution in [0.25, 0.3) is 22.5 Å². The minimum atomic E-state index is -3.81. The highest BCUT2D eigenvalue weighted by atomic mass is 35.5. The molecule has 18 nitrogen and oxygen atoms in total. The van der Waals surface area contributed by atoms with Gasteiger partial charge in [-0.25, -0.2) is 22.8 Å². The lowest BCUT2D eigenvalue weighted by Gasteiger charge is -2.27. The van der Waals surface area contributed by atoms with E-state index in [4.69, 9.17) is 16.3 Å². The van der Waals surface area contributed by atoms with Gasteiger partial charge in [0, 0.05) is 72.2 Å². The lowest BCUT2D eigenvalue weighted by atomic mass is 10.0. The van der Waals surface area contributed by atoms with Crippen LogP contribution in [0, 0.1) is 5.82 Å². The van der Waals surface area contributed by atoms with Gasteiger partial charge < -0.3 is 20.7 Å². The maximum atomic E-state index is 15.7. The lowest BCUT2D eigenvalue weighted by Crippen LogP contribution is -2.54. The first-order chi connectivity index (χ1) is 28.0. The number of hydrogen-bond donors (Lipinski definition) is 5. The molecule has 2 aromatic carbocycles. The number of carbonyl (C=O) groups excluding carboxylic acids is 5. The number of hydrogen-bond acceptors (Lipinski definition) is 13. The van der Waals surface area contributed by atoms with Crippen molar-refractivity contribution in [2.45, 2.75) is 58.2 Å². The van der Waals surface area contributed by atoms with Crippen LogP contribution < -0.4 is 26.0 Å². The van der Waals surface area contributed by atoms with Crippen LogP contribution in [0.4, 0.5) is 21.7 Å². The first-order valence-electron chi connectivity index (χ1n) is 18.6. The number of amides is 5. The van der Waals surface area contributed by atoms with Crippen LogP contribution in [0.1, 0.15) is 66.8 Å². The molecule has 2 aliphatic rings. The number of imide groups is 2. The Hall–Kier alpha value is -5.99. The number of aromatic nitrogens is 4. The van der Waals surface area contributed by atoms with Crippen LogP contribution in [-0.4, -0.2) is 107 Å². The number of nitrogens with one attached hydrogen (secondary N) is 5. The molecule has 2 aliphatic heterocycles. The third kappa shape index (κ3) is 10.0. The van der Waals surface area contributed by atoms with Crippen molar-refractivity contribution in [2.24, 2.45) is 0 Å². The van der Waals surface area contributed by atoms with Gasteiger partial charge in [0.15, 0.2) is 5.82 Å². The molecule has 2 unspecified atom stereocenters. The zero-order chi connectivity index (χ0) is 42.6. The average Bonchev–Trinajstić information content (AvgIpc) is 3.73. The van der Waals surface area contributed by atoms with Crippen LogP contribution in [0.15, 0.2) is 48.8 Å². The summed E-state index contributed by atoms with van der Waals surface area (Å²) in [6.07, 6.45) is 4.26. The van der Waals surface area contributed by atoms with E-state index >= 15 is 4.39 Å². The molecule has 1 fully saturated rings. The number of sulfonamides is 1. The van der Waals surface area contributed by atoms with E-state index in [2.05, 4.69) is 41.1 Å². The van der Waals surface area contributed by atoms with Crippen molar-refractivity contribution in [2.75, 3.05) is 47.9 Å². The Morgan fingerprint density at radius 2 is 1.81 bits per heavy atom. The van der Waals surface area contributed by atoms with Crippen molar-refractivity contribution in [1.29, 1.82) is 0 Å². The van der Waals surface area contributed by atoms with Crippen molar-refractivity contribution >= 4 is 68.5 Å². The molecule has 2 atom stereocenters. The summed E-state index contributed by atoms with van der Waals surface area (Å²) in [5.41, 5.74) is 1.37. The molecule has 21 heteroatoms. The molecule has 6 rings (SSSR count). The van der Waals surface area contributed by atoms with Crippen LogP contribution in [-0.2, 0) is 29.1 Å². The molecular formula is C38H42ClFN10O8S. The number of anilines is 3. The van der Waals surface area contributed by atoms with Crippen LogP contribution in [0.5, 0.6) is 0 Å². The number of benzene rings is 2. The smallest absolute Gasteiger partial charge is 0.264 e. The summed E-state index contributed by atoms with van der Waals surface area (Å²) in [5.74, 6) is -3.26. The summed E-state index contributed by atoms with van der Waals surface area (Å²) < 4.78 is 48.9. The normalized spacial score (nSPS) is 15.9. The molecule has 0 aliphatic carbocycles. The van der Waals surface area contributed by atoms with Gasteiger partial charge in [-0.1, -0.05) is 17.7 Å². The summed E-state index contributed by atoms with van der Waals surface area (Å²) in [5, 5.41) is 15.9. The van der Waals surface area contributed by atoms with Crippen LogP contribution >= 0.6 is 11.6 Å². The quantitative estimate of drug-likeness (QED) is 0.0756. The Kier molecular flexibility index (Phi) is 12.9. The maximum absolute atomic E-state index is 15.7. The predicted octanol–water partition coefficient (Wildman–Crippen LogP) is 3.59. The molecule has 0 bridgehead atoms. The molecule has 4 aromatic rings. The number of fused-ring (bicyclic) bond motifs is 1. The third-order valence-electron chi connectivity index (χ3n) is 9.26. The first kappa shape index (κ1) is 42.6. The number of nitrogens with zero attached hydrogens (tertiary/aromatic N) is 5. The second-order valence-electron chi connectivity index (χ2n) is 14.2. The SMILES string of the molecule is CC(CNc1nccc(-c2cn(C(C)C)nc2-c2cc(Cl)cc(NS(C)(=O)=O)c2F)n1)NC(=O)CCOCCNc1cccc2c1C(=O)N(C1CCC(=O)NC1=O)C2=O. The second kappa shape index (κ2) is 17.9. The van der Waals surface area contributed by atoms with Crippen molar-refractivity contribution in [3.63, 3.8) is 0 Å². The summed E-state index contributed by atoms with van der Waals surface area (Å²) in [7, 11) is -3.81. The van der Waals surface area contributed by atoms with E-state index in [0.29, 0.717) is 16.9 Å². The fourth-order valence-corrected chi connectivity index (χ4v) is 7.27. The third-order valence-corrected chi connectivity index (χ3v) is 10.1. The van der Waals surface area contributed by atoms with Gasteiger partial charge >= 0.3 is 0 Å². The fraction of sp³-hybridized carbons (Fsp3) is 0.368. The summed E-state index contributed by atoms with van der Waals surface area (Å²) in [6.45, 7) is 6.38. The van der Waals surface area contributed by atoms with Gasteiger partial charge in [-0.2, -0.15) is 5.10 Å². The Bertz CT molecular complexity index is 2430. The fourth-order valence-electron chi connectivity index (χ4n) is 6.50. The van der Waals surface area contributed by atoms with Crippen molar-refractivity contribution in [1.82, 2.24) is 35.3 Å². The molecule has 1 saturated heterocycles. The van der Waals surface area contributed by atoms with Crippen molar-refractivity contribution in [3.05, 3.63) is 70.8 Å². The Balaban J connectivity index is 0.986. The molecule has 5 amide bonds. The summed E-state index contributed by atoms with van der Waals surface area (Å²) >= 11 is 6.28. The Morgan fingerprint density at radius 3 is 2.54 bits per heavy atom. The van der Waals surface area contributed by atoms with E-state index in [9.17, 15) is 32.4 Å². The van der Waals surface area contributed by atoms with Gasteiger partial charge in [0.25, 0.3) is 11.8 Å². The van der Waals surface area contributed by atoms with E-state index in [1.54, 1.807) is 36.0 Å². The van der Waals surface area contributed by atoms with E-state index in [-0.39, 0.29) is 103 Å². The molecule has 4 heterocycles. The van der Waals surface area contributed by atoms with Gasteiger partial charge in [-0.15, -0.1) is 0 Å². The molecule has 0 radical (unpaired) electrons. The minimum absolute atomic E-state index is 0.0227. The summed E-state index contributed by atoms with van der Waals surface area (Å²) in [4.78, 5) is 72.7. The lowest BCUT2D eigenvalue weighted by molar-refractivity contribution is -0.136. The second-order valence-corrected chi connectivity index (χ2v) is 16.4. The van der Waals surface area contributed by atoms with E-state index in [1.165, 1.54) is 24.4 Å². The van der Waals surface area contributed by atoms with Gasteiger partial charge in [-0.05, 0) is 57.5 Å². The van der Waals surface area contributed by atoms with Crippen molar-refractivity contribution < 1.29 is 41.5 Å². The molecule has 5 N–H and O–H groups in total. The Morgan fingerprint density at radius 1 is 1.03 bits per heavy atom. The van der Waals surface area contributed by atoms with Crippen LogP contribution in [0.3, 0.4) is 0 Å². The highest BCUT2D eigenvalue weighted by Crippen LogP contribution is 2.37. The van der Waals surface area contributed by atoms with Gasteiger partial charge in [0.2, 0.25) is 33.7 Å². The molecule has 312 valence electrons. The largest absolute Gasteiger partial charge is 0.382 e. The number of carbonyl (C=O) groups is 5. The zero-order valence-electron chi connectivity index (χ0n) is 32.5. The average molecular weight is 853 g/mol. The minimum Gasteiger partial charge on any atom is -0.382 e. The zero-order valence-corrected chi connectivity index (χ0v) is 34.0. The number of halogens is 2. The van der Waals surface area contributed by atoms with Crippen molar-refractivity contribution in [3.8, 4) is 22.5 Å². The predicted molar refractivity (Wildman–Crippen MR) is 216 cm³/mol. The van der Waals surface area contributed by atoms with E-state index in [1.807, 2.05) is 13.8 Å². The molecule has 0 saturated carbocycles. The van der Waals surface area contributed by atoms with Gasteiger partial charge in [-0.3, -0.25) is 43.6 Å². The monoisotopic (exact) mass is 852 g/mol. The number of piperidine rings is 1. The summed E-state index contributed by atoms with van der Waals surface area (Å²) in [6, 6.07) is 7.40. The Labute approximate surface area is 343 Å². The highest BCUT2D eigenvalue weighted by molar-refractivity contribution is 7.92. The van der Waals surface area contributed by atoms with E-state index < -0.39 is 45.5 Å². The highest BCUT2D eigenvalue weighted by Gasteiger charge is 2.45. The van der Waals surface area contributed by atoms with E-state index in [0.717, 1.165) is 11.2 Å². The standard InChI is InChI=1S/C38H42ClFN10O8S/c1-20(2)49-19-25(34(47-49)24-16-22(39)17-28(33(24)40)48-59(4,56)57)26-10-12-42-38(45-26)43-18-21(3)44-31(52)11-14-58-15-13-41-27-7-5-6-23-32(27)37(55)50(36(23)54)29-8-9-30(51)46-35(29)53/h5-7,10,12,16-17,19-21,29,41,48H,8-9,11,13-15,18H2,1-4H3,(H,44,52)(H,42,43,45)(H,46,51,53). The first-order valence-corrected chi connectivity index (χ1v) is 20.9. The van der Waals surface area contributed by atoms with Gasteiger partial charge in [0.1, 0.15) is 11.7 Å². The maximum Gasteiger partial charge on any atom is 0.264 e.